The first kappa shape index (κ1) is 20.3. The molecule has 3 aromatic rings. The molecule has 0 saturated heterocycles. The van der Waals surface area contributed by atoms with E-state index < -0.39 is 11.3 Å². The van der Waals surface area contributed by atoms with E-state index in [1.54, 1.807) is 24.3 Å². The van der Waals surface area contributed by atoms with Crippen molar-refractivity contribution in [2.24, 2.45) is 0 Å². The van der Waals surface area contributed by atoms with Gasteiger partial charge in [0.1, 0.15) is 0 Å². The molecule has 7 nitrogen and oxygen atoms in total. The quantitative estimate of drug-likeness (QED) is 0.574. The largest absolute Gasteiger partial charge is 0.290 e. The summed E-state index contributed by atoms with van der Waals surface area (Å²) in [5, 5.41) is 5.11. The van der Waals surface area contributed by atoms with E-state index in [0.717, 1.165) is 22.9 Å². The number of nitrogens with one attached hydrogen (secondary N) is 2. The number of nitrogens with zero attached hydrogens (tertiary/aromatic N) is 2. The lowest BCUT2D eigenvalue weighted by Gasteiger charge is -2.17. The zero-order valence-corrected chi connectivity index (χ0v) is 18.2. The Balaban J connectivity index is 1.58. The summed E-state index contributed by atoms with van der Waals surface area (Å²) >= 11 is 3.40. The third-order valence-electron chi connectivity index (χ3n) is 5.40. The summed E-state index contributed by atoms with van der Waals surface area (Å²) in [7, 11) is 0. The molecule has 1 aromatic heterocycles. The molecular formula is C22H21BrN4O3. The minimum Gasteiger partial charge on any atom is -0.272 e. The SMILES string of the molecule is CC(C)n1nc(C(=O)NNC(=O)C2(c3ccc(Br)cc3)CC2)c2ccccc2c1=O. The Morgan fingerprint density at radius 1 is 1.03 bits per heavy atom. The monoisotopic (exact) mass is 468 g/mol. The molecule has 2 amide bonds. The van der Waals surface area contributed by atoms with Crippen LogP contribution in [0.15, 0.2) is 57.8 Å². The molecule has 1 saturated carbocycles. The van der Waals surface area contributed by atoms with Gasteiger partial charge in [-0.25, -0.2) is 4.68 Å². The van der Waals surface area contributed by atoms with Gasteiger partial charge >= 0.3 is 0 Å². The number of hydrazine groups is 1. The van der Waals surface area contributed by atoms with Crippen LogP contribution in [0.4, 0.5) is 0 Å². The highest BCUT2D eigenvalue weighted by molar-refractivity contribution is 9.10. The lowest BCUT2D eigenvalue weighted by Crippen LogP contribution is -2.47. The Bertz CT molecular complexity index is 1200. The third-order valence-corrected chi connectivity index (χ3v) is 5.93. The van der Waals surface area contributed by atoms with Crippen LogP contribution in [-0.2, 0) is 10.2 Å². The first-order chi connectivity index (χ1) is 14.3. The fraction of sp³-hybridized carbons (Fsp3) is 0.273. The molecule has 2 N–H and O–H groups in total. The molecule has 1 aliphatic carbocycles. The summed E-state index contributed by atoms with van der Waals surface area (Å²) < 4.78 is 2.22. The zero-order chi connectivity index (χ0) is 21.5. The molecule has 0 spiro atoms. The fourth-order valence-electron chi connectivity index (χ4n) is 3.56. The van der Waals surface area contributed by atoms with Crippen molar-refractivity contribution in [3.8, 4) is 0 Å². The van der Waals surface area contributed by atoms with Crippen molar-refractivity contribution in [3.63, 3.8) is 0 Å². The first-order valence-electron chi connectivity index (χ1n) is 9.72. The molecule has 1 fully saturated rings. The molecule has 154 valence electrons. The van der Waals surface area contributed by atoms with Crippen LogP contribution in [0.1, 0.15) is 48.8 Å². The highest BCUT2D eigenvalue weighted by Gasteiger charge is 2.51. The van der Waals surface area contributed by atoms with E-state index in [1.165, 1.54) is 4.68 Å². The van der Waals surface area contributed by atoms with Crippen molar-refractivity contribution in [2.45, 2.75) is 38.1 Å². The van der Waals surface area contributed by atoms with Crippen molar-refractivity contribution < 1.29 is 9.59 Å². The van der Waals surface area contributed by atoms with Gasteiger partial charge in [-0.2, -0.15) is 5.10 Å². The lowest BCUT2D eigenvalue weighted by atomic mass is 9.95. The van der Waals surface area contributed by atoms with Crippen molar-refractivity contribution in [1.29, 1.82) is 0 Å². The summed E-state index contributed by atoms with van der Waals surface area (Å²) in [5.41, 5.74) is 5.15. The van der Waals surface area contributed by atoms with Crippen LogP contribution in [0.5, 0.6) is 0 Å². The van der Waals surface area contributed by atoms with Gasteiger partial charge in [0.25, 0.3) is 11.5 Å². The maximum absolute atomic E-state index is 12.9. The number of benzene rings is 2. The second-order valence-electron chi connectivity index (χ2n) is 7.73. The van der Waals surface area contributed by atoms with Crippen molar-refractivity contribution in [1.82, 2.24) is 20.6 Å². The molecule has 1 heterocycles. The normalized spacial score (nSPS) is 14.5. The Morgan fingerprint density at radius 3 is 2.27 bits per heavy atom. The molecule has 8 heteroatoms. The predicted octanol–water partition coefficient (Wildman–Crippen LogP) is 3.23. The number of carbonyl (C=O) groups is 2. The zero-order valence-electron chi connectivity index (χ0n) is 16.6. The fourth-order valence-corrected chi connectivity index (χ4v) is 3.82. The Kier molecular flexibility index (Phi) is 5.19. The smallest absolute Gasteiger partial charge is 0.272 e. The Hall–Kier alpha value is -3.00. The van der Waals surface area contributed by atoms with Crippen LogP contribution in [0.3, 0.4) is 0 Å². The average molecular weight is 469 g/mol. The van der Waals surface area contributed by atoms with Crippen molar-refractivity contribution >= 4 is 38.5 Å². The molecule has 0 radical (unpaired) electrons. The number of aromatic nitrogens is 2. The summed E-state index contributed by atoms with van der Waals surface area (Å²) in [6.07, 6.45) is 1.44. The van der Waals surface area contributed by atoms with E-state index in [2.05, 4.69) is 31.9 Å². The topological polar surface area (TPSA) is 93.1 Å². The standard InChI is InChI=1S/C22H21BrN4O3/c1-13(2)27-20(29)17-6-4-3-5-16(17)18(26-27)19(28)24-25-21(30)22(11-12-22)14-7-9-15(23)10-8-14/h3-10,13H,11-12H2,1-2H3,(H,24,28)(H,25,30). The minimum atomic E-state index is -0.625. The molecule has 0 aliphatic heterocycles. The maximum atomic E-state index is 12.9. The second-order valence-corrected chi connectivity index (χ2v) is 8.65. The van der Waals surface area contributed by atoms with Crippen LogP contribution in [-0.4, -0.2) is 21.6 Å². The van der Waals surface area contributed by atoms with Gasteiger partial charge in [-0.3, -0.25) is 25.2 Å². The van der Waals surface area contributed by atoms with Gasteiger partial charge in [0.15, 0.2) is 5.69 Å². The molecule has 0 bridgehead atoms. The van der Waals surface area contributed by atoms with Crippen molar-refractivity contribution in [2.75, 3.05) is 0 Å². The lowest BCUT2D eigenvalue weighted by molar-refractivity contribution is -0.124. The second kappa shape index (κ2) is 7.68. The average Bonchev–Trinajstić information content (AvgIpc) is 3.54. The van der Waals surface area contributed by atoms with E-state index in [1.807, 2.05) is 38.1 Å². The number of amides is 2. The third kappa shape index (κ3) is 3.52. The number of hydrogen-bond donors (Lipinski definition) is 2. The molecule has 0 atom stereocenters. The summed E-state index contributed by atoms with van der Waals surface area (Å²) in [6.45, 7) is 3.64. The van der Waals surface area contributed by atoms with E-state index in [-0.39, 0.29) is 23.2 Å². The number of hydrogen-bond acceptors (Lipinski definition) is 4. The molecule has 0 unspecified atom stereocenters. The maximum Gasteiger partial charge on any atom is 0.290 e. The summed E-state index contributed by atoms with van der Waals surface area (Å²) in [4.78, 5) is 38.3. The van der Waals surface area contributed by atoms with E-state index in [9.17, 15) is 14.4 Å². The number of fused-ring (bicyclic) bond motifs is 1. The van der Waals surface area contributed by atoms with Crippen LogP contribution >= 0.6 is 15.9 Å². The predicted molar refractivity (Wildman–Crippen MR) is 117 cm³/mol. The van der Waals surface area contributed by atoms with Gasteiger partial charge in [0.05, 0.1) is 16.8 Å². The van der Waals surface area contributed by atoms with Gasteiger partial charge in [0.2, 0.25) is 5.91 Å². The van der Waals surface area contributed by atoms with E-state index in [0.29, 0.717) is 10.8 Å². The van der Waals surface area contributed by atoms with Gasteiger partial charge in [0, 0.05) is 9.86 Å². The molecule has 4 rings (SSSR count). The van der Waals surface area contributed by atoms with E-state index in [4.69, 9.17) is 0 Å². The highest BCUT2D eigenvalue weighted by Crippen LogP contribution is 2.48. The first-order valence-corrected chi connectivity index (χ1v) is 10.5. The van der Waals surface area contributed by atoms with Crippen LogP contribution in [0, 0.1) is 0 Å². The minimum absolute atomic E-state index is 0.0905. The van der Waals surface area contributed by atoms with Gasteiger partial charge in [-0.1, -0.05) is 46.3 Å². The molecule has 2 aromatic carbocycles. The van der Waals surface area contributed by atoms with Crippen LogP contribution in [0.25, 0.3) is 10.8 Å². The number of rotatable bonds is 4. The number of carbonyl (C=O) groups excluding carboxylic acids is 2. The number of halogens is 1. The molecule has 1 aliphatic rings. The van der Waals surface area contributed by atoms with Gasteiger partial charge < -0.3 is 0 Å². The van der Waals surface area contributed by atoms with Gasteiger partial charge in [-0.05, 0) is 50.5 Å². The van der Waals surface area contributed by atoms with Gasteiger partial charge in [-0.15, -0.1) is 0 Å². The van der Waals surface area contributed by atoms with E-state index >= 15 is 0 Å². The Morgan fingerprint density at radius 2 is 1.67 bits per heavy atom. The molecule has 30 heavy (non-hydrogen) atoms. The summed E-state index contributed by atoms with van der Waals surface area (Å²) in [6, 6.07) is 14.2. The van der Waals surface area contributed by atoms with Crippen molar-refractivity contribution in [3.05, 3.63) is 74.6 Å². The van der Waals surface area contributed by atoms with Crippen LogP contribution < -0.4 is 16.4 Å². The van der Waals surface area contributed by atoms with Crippen LogP contribution in [0.2, 0.25) is 0 Å². The Labute approximate surface area is 181 Å². The summed E-state index contributed by atoms with van der Waals surface area (Å²) in [5.74, 6) is -0.833. The highest BCUT2D eigenvalue weighted by atomic mass is 79.9. The molecular weight excluding hydrogens is 448 g/mol.